The minimum Gasteiger partial charge on any atom is -0.464 e. The number of rotatable bonds is 4. The van der Waals surface area contributed by atoms with Crippen LogP contribution in [0.4, 0.5) is 11.8 Å². The van der Waals surface area contributed by atoms with Crippen molar-refractivity contribution in [2.45, 2.75) is 19.9 Å². The first-order chi connectivity index (χ1) is 8.60. The summed E-state index contributed by atoms with van der Waals surface area (Å²) >= 11 is 6.04. The predicted octanol–water partition coefficient (Wildman–Crippen LogP) is 3.25. The average molecular weight is 267 g/mol. The van der Waals surface area contributed by atoms with Crippen LogP contribution in [0.15, 0.2) is 22.7 Å². The standard InChI is InChI=1S/C12H15ClN4O/c1-7-4-5-10(18-7)8(2)16-11-9(13)6-15-12(14-3)17-11/h4-6,8H,1-3H3,(H2,14,15,16,17). The number of hydrogen-bond donors (Lipinski definition) is 2. The van der Waals surface area contributed by atoms with E-state index in [2.05, 4.69) is 20.6 Å². The van der Waals surface area contributed by atoms with Crippen molar-refractivity contribution in [1.82, 2.24) is 9.97 Å². The molecular weight excluding hydrogens is 252 g/mol. The minimum absolute atomic E-state index is 0.0178. The van der Waals surface area contributed by atoms with E-state index in [0.29, 0.717) is 16.8 Å². The van der Waals surface area contributed by atoms with Gasteiger partial charge in [0.15, 0.2) is 5.82 Å². The maximum absolute atomic E-state index is 6.04. The van der Waals surface area contributed by atoms with E-state index in [9.17, 15) is 0 Å². The Morgan fingerprint density at radius 3 is 2.78 bits per heavy atom. The lowest BCUT2D eigenvalue weighted by Crippen LogP contribution is -2.09. The Bertz CT molecular complexity index is 541. The van der Waals surface area contributed by atoms with Crippen LogP contribution in [-0.4, -0.2) is 17.0 Å². The first kappa shape index (κ1) is 12.7. The van der Waals surface area contributed by atoms with Gasteiger partial charge in [0.1, 0.15) is 16.5 Å². The zero-order valence-corrected chi connectivity index (χ0v) is 11.2. The normalized spacial score (nSPS) is 12.2. The second-order valence-corrected chi connectivity index (χ2v) is 4.36. The Morgan fingerprint density at radius 1 is 1.39 bits per heavy atom. The molecule has 2 heterocycles. The highest BCUT2D eigenvalue weighted by molar-refractivity contribution is 6.32. The third-order valence-electron chi connectivity index (χ3n) is 2.51. The molecule has 2 rings (SSSR count). The summed E-state index contributed by atoms with van der Waals surface area (Å²) in [4.78, 5) is 8.28. The average Bonchev–Trinajstić information content (AvgIpc) is 2.79. The van der Waals surface area contributed by atoms with Gasteiger partial charge in [-0.25, -0.2) is 4.98 Å². The first-order valence-electron chi connectivity index (χ1n) is 5.63. The highest BCUT2D eigenvalue weighted by atomic mass is 35.5. The van der Waals surface area contributed by atoms with Crippen LogP contribution in [0.3, 0.4) is 0 Å². The van der Waals surface area contributed by atoms with Gasteiger partial charge in [0.2, 0.25) is 5.95 Å². The predicted molar refractivity (Wildman–Crippen MR) is 72.1 cm³/mol. The topological polar surface area (TPSA) is 63.0 Å². The SMILES string of the molecule is CNc1ncc(Cl)c(NC(C)c2ccc(C)o2)n1. The highest BCUT2D eigenvalue weighted by Gasteiger charge is 2.12. The maximum atomic E-state index is 6.04. The van der Waals surface area contributed by atoms with Gasteiger partial charge < -0.3 is 15.1 Å². The third kappa shape index (κ3) is 2.73. The number of furan rings is 1. The molecule has 0 aromatic carbocycles. The molecule has 1 unspecified atom stereocenters. The van der Waals surface area contributed by atoms with Crippen LogP contribution in [0.2, 0.25) is 5.02 Å². The van der Waals surface area contributed by atoms with E-state index < -0.39 is 0 Å². The van der Waals surface area contributed by atoms with Crippen LogP contribution < -0.4 is 10.6 Å². The van der Waals surface area contributed by atoms with Crippen LogP contribution in [0, 0.1) is 6.92 Å². The largest absolute Gasteiger partial charge is 0.464 e. The van der Waals surface area contributed by atoms with Crippen molar-refractivity contribution in [3.05, 3.63) is 34.9 Å². The van der Waals surface area contributed by atoms with E-state index in [1.54, 1.807) is 13.2 Å². The summed E-state index contributed by atoms with van der Waals surface area (Å²) in [5, 5.41) is 6.54. The van der Waals surface area contributed by atoms with Crippen LogP contribution in [-0.2, 0) is 0 Å². The fourth-order valence-corrected chi connectivity index (χ4v) is 1.70. The van der Waals surface area contributed by atoms with Gasteiger partial charge >= 0.3 is 0 Å². The van der Waals surface area contributed by atoms with Crippen molar-refractivity contribution in [2.24, 2.45) is 0 Å². The maximum Gasteiger partial charge on any atom is 0.224 e. The summed E-state index contributed by atoms with van der Waals surface area (Å²) in [7, 11) is 1.76. The molecule has 0 aliphatic rings. The molecule has 0 aliphatic heterocycles. The Kier molecular flexibility index (Phi) is 3.72. The van der Waals surface area contributed by atoms with Crippen molar-refractivity contribution in [2.75, 3.05) is 17.7 Å². The van der Waals surface area contributed by atoms with Gasteiger partial charge in [0.25, 0.3) is 0 Å². The molecule has 0 aliphatic carbocycles. The Hall–Kier alpha value is -1.75. The van der Waals surface area contributed by atoms with Crippen LogP contribution in [0.5, 0.6) is 0 Å². The molecule has 2 aromatic heterocycles. The second-order valence-electron chi connectivity index (χ2n) is 3.95. The fraction of sp³-hybridized carbons (Fsp3) is 0.333. The summed E-state index contributed by atoms with van der Waals surface area (Å²) in [5.41, 5.74) is 0. The van der Waals surface area contributed by atoms with E-state index >= 15 is 0 Å². The van der Waals surface area contributed by atoms with Crippen molar-refractivity contribution in [3.8, 4) is 0 Å². The summed E-state index contributed by atoms with van der Waals surface area (Å²) in [6.45, 7) is 3.89. The Labute approximate surface area is 111 Å². The number of aromatic nitrogens is 2. The van der Waals surface area contributed by atoms with Crippen LogP contribution in [0.1, 0.15) is 24.5 Å². The zero-order chi connectivity index (χ0) is 13.1. The minimum atomic E-state index is -0.0178. The molecule has 6 heteroatoms. The molecule has 18 heavy (non-hydrogen) atoms. The Morgan fingerprint density at radius 2 is 2.17 bits per heavy atom. The molecule has 96 valence electrons. The molecule has 2 aromatic rings. The van der Waals surface area contributed by atoms with Gasteiger partial charge in [-0.15, -0.1) is 0 Å². The van der Waals surface area contributed by atoms with Crippen molar-refractivity contribution >= 4 is 23.4 Å². The fourth-order valence-electron chi connectivity index (χ4n) is 1.55. The van der Waals surface area contributed by atoms with Gasteiger partial charge in [-0.05, 0) is 26.0 Å². The van der Waals surface area contributed by atoms with Gasteiger partial charge in [0, 0.05) is 7.05 Å². The van der Waals surface area contributed by atoms with E-state index in [4.69, 9.17) is 16.0 Å². The van der Waals surface area contributed by atoms with Crippen molar-refractivity contribution in [3.63, 3.8) is 0 Å². The number of anilines is 2. The lowest BCUT2D eigenvalue weighted by atomic mass is 10.2. The summed E-state index contributed by atoms with van der Waals surface area (Å²) in [6.07, 6.45) is 1.56. The lowest BCUT2D eigenvalue weighted by molar-refractivity contribution is 0.466. The third-order valence-corrected chi connectivity index (χ3v) is 2.79. The number of halogens is 1. The molecule has 0 amide bonds. The summed E-state index contributed by atoms with van der Waals surface area (Å²) in [5.74, 6) is 2.82. The Balaban J connectivity index is 2.18. The first-order valence-corrected chi connectivity index (χ1v) is 6.01. The van der Waals surface area contributed by atoms with Gasteiger partial charge in [-0.3, -0.25) is 0 Å². The zero-order valence-electron chi connectivity index (χ0n) is 10.5. The van der Waals surface area contributed by atoms with Gasteiger partial charge in [-0.2, -0.15) is 4.98 Å². The number of nitrogens with one attached hydrogen (secondary N) is 2. The van der Waals surface area contributed by atoms with E-state index in [1.807, 2.05) is 26.0 Å². The molecule has 1 atom stereocenters. The molecule has 0 fully saturated rings. The monoisotopic (exact) mass is 266 g/mol. The number of hydrogen-bond acceptors (Lipinski definition) is 5. The smallest absolute Gasteiger partial charge is 0.224 e. The second kappa shape index (κ2) is 5.27. The molecule has 2 N–H and O–H groups in total. The molecule has 0 spiro atoms. The molecule has 5 nitrogen and oxygen atoms in total. The van der Waals surface area contributed by atoms with E-state index in [-0.39, 0.29) is 6.04 Å². The molecule has 0 radical (unpaired) electrons. The summed E-state index contributed by atoms with van der Waals surface area (Å²) < 4.78 is 5.55. The summed E-state index contributed by atoms with van der Waals surface area (Å²) in [6, 6.07) is 3.84. The van der Waals surface area contributed by atoms with E-state index in [1.165, 1.54) is 0 Å². The van der Waals surface area contributed by atoms with E-state index in [0.717, 1.165) is 11.5 Å². The molecule has 0 saturated heterocycles. The number of nitrogens with zero attached hydrogens (tertiary/aromatic N) is 2. The van der Waals surface area contributed by atoms with Crippen molar-refractivity contribution < 1.29 is 4.42 Å². The molecule has 0 saturated carbocycles. The quantitative estimate of drug-likeness (QED) is 0.889. The van der Waals surface area contributed by atoms with Crippen LogP contribution in [0.25, 0.3) is 0 Å². The highest BCUT2D eigenvalue weighted by Crippen LogP contribution is 2.25. The lowest BCUT2D eigenvalue weighted by Gasteiger charge is -2.13. The number of aryl methyl sites for hydroxylation is 1. The molecular formula is C12H15ClN4O. The van der Waals surface area contributed by atoms with Crippen LogP contribution >= 0.6 is 11.6 Å². The van der Waals surface area contributed by atoms with Gasteiger partial charge in [-0.1, -0.05) is 11.6 Å². The van der Waals surface area contributed by atoms with Crippen molar-refractivity contribution in [1.29, 1.82) is 0 Å². The molecule has 0 bridgehead atoms. The van der Waals surface area contributed by atoms with Gasteiger partial charge in [0.05, 0.1) is 12.2 Å².